The van der Waals surface area contributed by atoms with Crippen molar-refractivity contribution in [2.75, 3.05) is 11.9 Å². The first-order valence-corrected chi connectivity index (χ1v) is 7.98. The number of nitrogens with zero attached hydrogens (tertiary/aromatic N) is 2. The summed E-state index contributed by atoms with van der Waals surface area (Å²) in [7, 11) is 0. The molecule has 0 aliphatic rings. The van der Waals surface area contributed by atoms with Gasteiger partial charge < -0.3 is 9.15 Å². The van der Waals surface area contributed by atoms with Crippen LogP contribution in [0.4, 0.5) is 6.01 Å². The molecule has 1 amide bonds. The number of anilines is 1. The molecule has 0 aliphatic carbocycles. The third-order valence-corrected chi connectivity index (χ3v) is 3.72. The fraction of sp³-hybridized carbons (Fsp3) is 0.167. The second-order valence-corrected chi connectivity index (χ2v) is 5.96. The number of amides is 1. The molecular formula is C18H16ClN3O3. The van der Waals surface area contributed by atoms with Crippen molar-refractivity contribution in [3.05, 3.63) is 58.6 Å². The predicted octanol–water partition coefficient (Wildman–Crippen LogP) is 4.02. The molecule has 1 N–H and O–H groups in total. The number of aryl methyl sites for hydroxylation is 2. The summed E-state index contributed by atoms with van der Waals surface area (Å²) in [5.74, 6) is 0.498. The van der Waals surface area contributed by atoms with Crippen LogP contribution < -0.4 is 10.1 Å². The van der Waals surface area contributed by atoms with E-state index in [9.17, 15) is 4.79 Å². The molecule has 0 spiro atoms. The molecule has 0 aliphatic heterocycles. The number of halogens is 1. The largest absolute Gasteiger partial charge is 0.484 e. The second-order valence-electron chi connectivity index (χ2n) is 5.52. The summed E-state index contributed by atoms with van der Waals surface area (Å²) >= 11 is 5.79. The molecule has 0 bridgehead atoms. The monoisotopic (exact) mass is 357 g/mol. The molecule has 0 radical (unpaired) electrons. The molecule has 0 saturated carbocycles. The van der Waals surface area contributed by atoms with Crippen LogP contribution >= 0.6 is 11.6 Å². The minimum atomic E-state index is -0.397. The number of hydrogen-bond acceptors (Lipinski definition) is 5. The van der Waals surface area contributed by atoms with Gasteiger partial charge in [0.2, 0.25) is 5.89 Å². The van der Waals surface area contributed by atoms with Crippen LogP contribution in [0.1, 0.15) is 11.1 Å². The lowest BCUT2D eigenvalue weighted by atomic mass is 10.1. The number of carbonyl (C=O) groups excluding carboxylic acids is 1. The SMILES string of the molecule is Cc1ccc(-c2nnc(NC(=O)COc3ccc(Cl)cc3)o2)c(C)c1. The molecule has 0 unspecified atom stereocenters. The Labute approximate surface area is 149 Å². The maximum Gasteiger partial charge on any atom is 0.322 e. The van der Waals surface area contributed by atoms with Crippen LogP contribution in [0.2, 0.25) is 5.02 Å². The molecule has 128 valence electrons. The molecule has 3 aromatic rings. The highest BCUT2D eigenvalue weighted by molar-refractivity contribution is 6.30. The molecule has 0 fully saturated rings. The first-order valence-electron chi connectivity index (χ1n) is 7.60. The van der Waals surface area contributed by atoms with E-state index < -0.39 is 5.91 Å². The minimum Gasteiger partial charge on any atom is -0.484 e. The Morgan fingerprint density at radius 3 is 2.64 bits per heavy atom. The first kappa shape index (κ1) is 17.0. The first-order chi connectivity index (χ1) is 12.0. The lowest BCUT2D eigenvalue weighted by Crippen LogP contribution is -2.20. The Morgan fingerprint density at radius 2 is 1.92 bits per heavy atom. The normalized spacial score (nSPS) is 10.5. The predicted molar refractivity (Wildman–Crippen MR) is 94.8 cm³/mol. The molecule has 7 heteroatoms. The van der Waals surface area contributed by atoms with Gasteiger partial charge in [0, 0.05) is 10.6 Å². The zero-order valence-corrected chi connectivity index (χ0v) is 14.5. The van der Waals surface area contributed by atoms with Gasteiger partial charge in [-0.2, -0.15) is 0 Å². The number of benzene rings is 2. The van der Waals surface area contributed by atoms with Gasteiger partial charge in [0.15, 0.2) is 6.61 Å². The van der Waals surface area contributed by atoms with Crippen molar-refractivity contribution >= 4 is 23.5 Å². The quantitative estimate of drug-likeness (QED) is 0.746. The van der Waals surface area contributed by atoms with Crippen LogP contribution in [0.15, 0.2) is 46.9 Å². The second kappa shape index (κ2) is 7.36. The van der Waals surface area contributed by atoms with Crippen molar-refractivity contribution in [2.45, 2.75) is 13.8 Å². The van der Waals surface area contributed by atoms with Crippen LogP contribution in [0.3, 0.4) is 0 Å². The van der Waals surface area contributed by atoms with Gasteiger partial charge in [-0.3, -0.25) is 10.1 Å². The Hall–Kier alpha value is -2.86. The molecule has 0 saturated heterocycles. The van der Waals surface area contributed by atoms with Crippen molar-refractivity contribution in [1.82, 2.24) is 10.2 Å². The third kappa shape index (κ3) is 4.36. The smallest absolute Gasteiger partial charge is 0.322 e. The number of nitrogens with one attached hydrogen (secondary N) is 1. The summed E-state index contributed by atoms with van der Waals surface area (Å²) in [6.07, 6.45) is 0. The highest BCUT2D eigenvalue weighted by Crippen LogP contribution is 2.24. The topological polar surface area (TPSA) is 77.2 Å². The van der Waals surface area contributed by atoms with E-state index in [0.717, 1.165) is 16.7 Å². The molecule has 0 atom stereocenters. The molecule has 25 heavy (non-hydrogen) atoms. The minimum absolute atomic E-state index is 0.0275. The average molecular weight is 358 g/mol. The van der Waals surface area contributed by atoms with Gasteiger partial charge in [0.25, 0.3) is 5.91 Å². The maximum absolute atomic E-state index is 11.9. The van der Waals surface area contributed by atoms with Crippen LogP contribution in [0, 0.1) is 13.8 Å². The molecule has 2 aromatic carbocycles. The summed E-state index contributed by atoms with van der Waals surface area (Å²) in [5, 5.41) is 10.9. The van der Waals surface area contributed by atoms with Crippen molar-refractivity contribution < 1.29 is 13.9 Å². The van der Waals surface area contributed by atoms with E-state index in [-0.39, 0.29) is 12.6 Å². The molecule has 6 nitrogen and oxygen atoms in total. The standard InChI is InChI=1S/C18H16ClN3O3/c1-11-3-8-15(12(2)9-11)17-21-22-18(25-17)20-16(23)10-24-14-6-4-13(19)5-7-14/h3-9H,10H2,1-2H3,(H,20,22,23). The number of aromatic nitrogens is 2. The highest BCUT2D eigenvalue weighted by Gasteiger charge is 2.13. The van der Waals surface area contributed by atoms with Gasteiger partial charge >= 0.3 is 6.01 Å². The molecule has 3 rings (SSSR count). The average Bonchev–Trinajstić information content (AvgIpc) is 3.02. The summed E-state index contributed by atoms with van der Waals surface area (Å²) in [6, 6.07) is 12.7. The zero-order chi connectivity index (χ0) is 17.8. The van der Waals surface area contributed by atoms with Gasteiger partial charge in [-0.25, -0.2) is 0 Å². The fourth-order valence-electron chi connectivity index (χ4n) is 2.27. The Kier molecular flexibility index (Phi) is 5.00. The van der Waals surface area contributed by atoms with Gasteiger partial charge in [-0.1, -0.05) is 34.4 Å². The van der Waals surface area contributed by atoms with E-state index >= 15 is 0 Å². The molecular weight excluding hydrogens is 342 g/mol. The van der Waals surface area contributed by atoms with Crippen LogP contribution in [0.5, 0.6) is 5.75 Å². The Balaban J connectivity index is 1.60. The zero-order valence-electron chi connectivity index (χ0n) is 13.7. The van der Waals surface area contributed by atoms with Crippen molar-refractivity contribution in [3.8, 4) is 17.2 Å². The van der Waals surface area contributed by atoms with Crippen LogP contribution in [0.25, 0.3) is 11.5 Å². The van der Waals surface area contributed by atoms with Gasteiger partial charge in [0.1, 0.15) is 5.75 Å². The lowest BCUT2D eigenvalue weighted by molar-refractivity contribution is -0.118. The maximum atomic E-state index is 11.9. The van der Waals surface area contributed by atoms with Crippen LogP contribution in [-0.2, 0) is 4.79 Å². The summed E-state index contributed by atoms with van der Waals surface area (Å²) in [5.41, 5.74) is 3.00. The van der Waals surface area contributed by atoms with E-state index in [2.05, 4.69) is 15.5 Å². The van der Waals surface area contributed by atoms with E-state index in [0.29, 0.717) is 16.7 Å². The number of ether oxygens (including phenoxy) is 1. The van der Waals surface area contributed by atoms with Gasteiger partial charge in [-0.15, -0.1) is 5.10 Å². The number of rotatable bonds is 5. The summed E-state index contributed by atoms with van der Waals surface area (Å²) in [6.45, 7) is 3.80. The number of carbonyl (C=O) groups is 1. The Morgan fingerprint density at radius 1 is 1.16 bits per heavy atom. The third-order valence-electron chi connectivity index (χ3n) is 3.47. The van der Waals surface area contributed by atoms with E-state index in [4.69, 9.17) is 20.8 Å². The van der Waals surface area contributed by atoms with Crippen LogP contribution in [-0.4, -0.2) is 22.7 Å². The van der Waals surface area contributed by atoms with Gasteiger partial charge in [0.05, 0.1) is 0 Å². The lowest BCUT2D eigenvalue weighted by Gasteiger charge is -2.05. The highest BCUT2D eigenvalue weighted by atomic mass is 35.5. The van der Waals surface area contributed by atoms with Crippen molar-refractivity contribution in [2.24, 2.45) is 0 Å². The summed E-state index contributed by atoms with van der Waals surface area (Å²) in [4.78, 5) is 11.9. The van der Waals surface area contributed by atoms with Crippen molar-refractivity contribution in [3.63, 3.8) is 0 Å². The van der Waals surface area contributed by atoms with E-state index in [1.165, 1.54) is 0 Å². The van der Waals surface area contributed by atoms with E-state index in [1.807, 2.05) is 32.0 Å². The fourth-order valence-corrected chi connectivity index (χ4v) is 2.40. The Bertz CT molecular complexity index is 891. The van der Waals surface area contributed by atoms with Gasteiger partial charge in [-0.05, 0) is 49.7 Å². The summed E-state index contributed by atoms with van der Waals surface area (Å²) < 4.78 is 10.9. The van der Waals surface area contributed by atoms with Crippen molar-refractivity contribution in [1.29, 1.82) is 0 Å². The number of hydrogen-bond donors (Lipinski definition) is 1. The van der Waals surface area contributed by atoms with E-state index in [1.54, 1.807) is 24.3 Å². The molecule has 1 heterocycles. The molecule has 1 aromatic heterocycles.